The van der Waals surface area contributed by atoms with Crippen molar-refractivity contribution in [2.24, 2.45) is 11.8 Å². The molecule has 0 aromatic rings. The average molecular weight is 238 g/mol. The predicted octanol–water partition coefficient (Wildman–Crippen LogP) is 2.37. The number of carbonyl (C=O) groups is 1. The van der Waals surface area contributed by atoms with Crippen molar-refractivity contribution >= 4 is 5.91 Å². The largest absolute Gasteiger partial charge is 0.323 e. The summed E-state index contributed by atoms with van der Waals surface area (Å²) in [4.78, 5) is 14.6. The number of hydrogen-bond acceptors (Lipinski definition) is 2. The highest BCUT2D eigenvalue weighted by Crippen LogP contribution is 2.33. The predicted molar refractivity (Wildman–Crippen MR) is 69.5 cm³/mol. The van der Waals surface area contributed by atoms with E-state index < -0.39 is 0 Å². The Morgan fingerprint density at radius 2 is 2.12 bits per heavy atom. The molecule has 2 fully saturated rings. The first kappa shape index (κ1) is 12.9. The highest BCUT2D eigenvalue weighted by molar-refractivity contribution is 5.85. The summed E-state index contributed by atoms with van der Waals surface area (Å²) >= 11 is 0. The summed E-state index contributed by atoms with van der Waals surface area (Å²) in [7, 11) is 0. The van der Waals surface area contributed by atoms with Crippen molar-refractivity contribution in [1.29, 1.82) is 0 Å². The second kappa shape index (κ2) is 4.97. The Morgan fingerprint density at radius 1 is 1.41 bits per heavy atom. The monoisotopic (exact) mass is 238 g/mol. The molecule has 1 N–H and O–H groups in total. The molecule has 1 saturated heterocycles. The van der Waals surface area contributed by atoms with Crippen molar-refractivity contribution in [3.8, 4) is 0 Å². The van der Waals surface area contributed by atoms with Crippen molar-refractivity contribution in [2.75, 3.05) is 0 Å². The third kappa shape index (κ3) is 2.22. The van der Waals surface area contributed by atoms with Gasteiger partial charge in [-0.1, -0.05) is 33.6 Å². The third-order valence-electron chi connectivity index (χ3n) is 4.75. The lowest BCUT2D eigenvalue weighted by molar-refractivity contribution is -0.133. The Balaban J connectivity index is 2.11. The molecule has 98 valence electrons. The van der Waals surface area contributed by atoms with Crippen LogP contribution >= 0.6 is 0 Å². The van der Waals surface area contributed by atoms with Gasteiger partial charge in [-0.25, -0.2) is 0 Å². The zero-order valence-corrected chi connectivity index (χ0v) is 11.6. The first-order valence-corrected chi connectivity index (χ1v) is 7.14. The molecule has 0 aromatic carbocycles. The third-order valence-corrected chi connectivity index (χ3v) is 4.75. The summed E-state index contributed by atoms with van der Waals surface area (Å²) in [6.07, 6.45) is 5.01. The first-order chi connectivity index (χ1) is 8.06. The highest BCUT2D eigenvalue weighted by atomic mass is 16.2. The molecule has 3 nitrogen and oxygen atoms in total. The lowest BCUT2D eigenvalue weighted by atomic mass is 9.98. The van der Waals surface area contributed by atoms with Crippen LogP contribution in [0.15, 0.2) is 0 Å². The van der Waals surface area contributed by atoms with Crippen molar-refractivity contribution < 1.29 is 4.79 Å². The second-order valence-corrected chi connectivity index (χ2v) is 5.93. The zero-order chi connectivity index (χ0) is 12.6. The van der Waals surface area contributed by atoms with Crippen molar-refractivity contribution in [3.05, 3.63) is 0 Å². The van der Waals surface area contributed by atoms with Gasteiger partial charge in [-0.15, -0.1) is 0 Å². The van der Waals surface area contributed by atoms with Gasteiger partial charge in [0.25, 0.3) is 0 Å². The van der Waals surface area contributed by atoms with Crippen molar-refractivity contribution in [2.45, 2.75) is 71.6 Å². The molecular weight excluding hydrogens is 212 g/mol. The molecule has 0 bridgehead atoms. The fourth-order valence-electron chi connectivity index (χ4n) is 3.40. The van der Waals surface area contributed by atoms with E-state index in [1.807, 2.05) is 0 Å². The van der Waals surface area contributed by atoms with Crippen LogP contribution in [-0.2, 0) is 4.79 Å². The highest BCUT2D eigenvalue weighted by Gasteiger charge is 2.44. The van der Waals surface area contributed by atoms with Gasteiger partial charge in [0, 0.05) is 6.04 Å². The van der Waals surface area contributed by atoms with Crippen LogP contribution in [0.1, 0.15) is 53.4 Å². The lowest BCUT2D eigenvalue weighted by Crippen LogP contribution is -2.44. The van der Waals surface area contributed by atoms with Crippen LogP contribution in [0.4, 0.5) is 0 Å². The molecule has 1 aliphatic carbocycles. The summed E-state index contributed by atoms with van der Waals surface area (Å²) in [6, 6.07) is 0.516. The molecule has 1 saturated carbocycles. The summed E-state index contributed by atoms with van der Waals surface area (Å²) in [6.45, 7) is 8.74. The maximum atomic E-state index is 12.5. The molecule has 3 heteroatoms. The van der Waals surface area contributed by atoms with Gasteiger partial charge in [-0.3, -0.25) is 10.1 Å². The van der Waals surface area contributed by atoms with E-state index >= 15 is 0 Å². The van der Waals surface area contributed by atoms with Crippen LogP contribution in [0.3, 0.4) is 0 Å². The van der Waals surface area contributed by atoms with Crippen molar-refractivity contribution in [3.63, 3.8) is 0 Å². The summed E-state index contributed by atoms with van der Waals surface area (Å²) in [5, 5.41) is 3.48. The summed E-state index contributed by atoms with van der Waals surface area (Å²) in [5.41, 5.74) is 0. The number of nitrogens with one attached hydrogen (secondary N) is 1. The van der Waals surface area contributed by atoms with Gasteiger partial charge in [-0.05, 0) is 31.6 Å². The molecule has 0 aromatic heterocycles. The fraction of sp³-hybridized carbons (Fsp3) is 0.929. The lowest BCUT2D eigenvalue weighted by Gasteiger charge is -2.31. The Labute approximate surface area is 105 Å². The number of amides is 1. The fourth-order valence-corrected chi connectivity index (χ4v) is 3.40. The molecule has 17 heavy (non-hydrogen) atoms. The maximum Gasteiger partial charge on any atom is 0.241 e. The van der Waals surface area contributed by atoms with Crippen LogP contribution < -0.4 is 5.32 Å². The van der Waals surface area contributed by atoms with E-state index in [0.29, 0.717) is 23.8 Å². The van der Waals surface area contributed by atoms with Gasteiger partial charge in [0.2, 0.25) is 5.91 Å². The van der Waals surface area contributed by atoms with Crippen LogP contribution in [0, 0.1) is 11.8 Å². The minimum atomic E-state index is 0.0443. The molecule has 2 aliphatic rings. The summed E-state index contributed by atoms with van der Waals surface area (Å²) < 4.78 is 0. The molecule has 0 spiro atoms. The van der Waals surface area contributed by atoms with E-state index in [-0.39, 0.29) is 12.2 Å². The van der Waals surface area contributed by atoms with Crippen LogP contribution in [-0.4, -0.2) is 29.1 Å². The number of hydrogen-bond donors (Lipinski definition) is 1. The molecular formula is C14H26N2O. The molecule has 5 atom stereocenters. The van der Waals surface area contributed by atoms with Gasteiger partial charge in [0.1, 0.15) is 0 Å². The van der Waals surface area contributed by atoms with Gasteiger partial charge in [0.05, 0.1) is 12.2 Å². The Morgan fingerprint density at radius 3 is 2.65 bits per heavy atom. The maximum absolute atomic E-state index is 12.5. The van der Waals surface area contributed by atoms with E-state index in [4.69, 9.17) is 0 Å². The number of carbonyl (C=O) groups excluding carboxylic acids is 1. The van der Waals surface area contributed by atoms with Gasteiger partial charge in [-0.2, -0.15) is 0 Å². The van der Waals surface area contributed by atoms with Gasteiger partial charge in [0.15, 0.2) is 0 Å². The zero-order valence-electron chi connectivity index (χ0n) is 11.6. The standard InChI is InChI=1S/C14H26N2O/c1-5-9(2)13-14(17)16(11(4)15-13)12-8-6-7-10(12)3/h9-13,15H,5-8H2,1-4H3. The van der Waals surface area contributed by atoms with E-state index in [9.17, 15) is 4.79 Å². The number of nitrogens with zero attached hydrogens (tertiary/aromatic N) is 1. The van der Waals surface area contributed by atoms with E-state index in [2.05, 4.69) is 37.9 Å². The van der Waals surface area contributed by atoms with Crippen molar-refractivity contribution in [1.82, 2.24) is 10.2 Å². The first-order valence-electron chi connectivity index (χ1n) is 7.14. The normalized spacial score (nSPS) is 40.0. The van der Waals surface area contributed by atoms with Crippen LogP contribution in [0.25, 0.3) is 0 Å². The Bertz CT molecular complexity index is 292. The Hall–Kier alpha value is -0.570. The average Bonchev–Trinajstić information content (AvgIpc) is 2.82. The topological polar surface area (TPSA) is 32.3 Å². The van der Waals surface area contributed by atoms with Crippen LogP contribution in [0.5, 0.6) is 0 Å². The van der Waals surface area contributed by atoms with E-state index in [1.54, 1.807) is 0 Å². The molecule has 1 aliphatic heterocycles. The Kier molecular flexibility index (Phi) is 3.76. The van der Waals surface area contributed by atoms with Gasteiger partial charge < -0.3 is 4.90 Å². The quantitative estimate of drug-likeness (QED) is 0.818. The van der Waals surface area contributed by atoms with Gasteiger partial charge >= 0.3 is 0 Å². The van der Waals surface area contributed by atoms with E-state index in [0.717, 1.165) is 6.42 Å². The smallest absolute Gasteiger partial charge is 0.241 e. The minimum absolute atomic E-state index is 0.0443. The summed E-state index contributed by atoms with van der Waals surface area (Å²) in [5.74, 6) is 1.44. The minimum Gasteiger partial charge on any atom is -0.323 e. The molecule has 2 rings (SSSR count). The number of rotatable bonds is 3. The van der Waals surface area contributed by atoms with E-state index in [1.165, 1.54) is 19.3 Å². The SMILES string of the molecule is CCC(C)C1NC(C)N(C2CCCC2C)C1=O. The molecule has 5 unspecified atom stereocenters. The van der Waals surface area contributed by atoms with Crippen LogP contribution in [0.2, 0.25) is 0 Å². The second-order valence-electron chi connectivity index (χ2n) is 5.93. The molecule has 0 radical (unpaired) electrons. The molecule has 1 amide bonds. The molecule has 1 heterocycles.